The molecule has 1 aliphatic rings. The van der Waals surface area contributed by atoms with E-state index >= 15 is 0 Å². The van der Waals surface area contributed by atoms with Crippen molar-refractivity contribution < 1.29 is 4.79 Å². The Bertz CT molecular complexity index is 496. The van der Waals surface area contributed by atoms with Gasteiger partial charge in [0.1, 0.15) is 0 Å². The minimum Gasteiger partial charge on any atom is -0.294 e. The van der Waals surface area contributed by atoms with Crippen molar-refractivity contribution in [3.8, 4) is 0 Å². The van der Waals surface area contributed by atoms with E-state index in [4.69, 9.17) is 0 Å². The monoisotopic (exact) mass is 244 g/mol. The van der Waals surface area contributed by atoms with E-state index in [1.165, 1.54) is 16.7 Å². The zero-order valence-electron chi connectivity index (χ0n) is 12.5. The van der Waals surface area contributed by atoms with Crippen LogP contribution >= 0.6 is 0 Å². The van der Waals surface area contributed by atoms with Crippen LogP contribution in [0, 0.1) is 0 Å². The maximum atomic E-state index is 12.1. The Morgan fingerprint density at radius 2 is 1.50 bits per heavy atom. The lowest BCUT2D eigenvalue weighted by atomic mass is 9.77. The summed E-state index contributed by atoms with van der Waals surface area (Å²) >= 11 is 0. The molecule has 18 heavy (non-hydrogen) atoms. The summed E-state index contributed by atoms with van der Waals surface area (Å²) in [6, 6.07) is 4.50. The summed E-state index contributed by atoms with van der Waals surface area (Å²) in [5.41, 5.74) is 5.02. The van der Waals surface area contributed by atoms with Crippen molar-refractivity contribution in [2.24, 2.45) is 0 Å². The molecule has 0 saturated heterocycles. The number of ketones is 1. The number of fused-ring (bicyclic) bond motifs is 1. The molecule has 0 saturated carbocycles. The lowest BCUT2D eigenvalue weighted by Gasteiger charge is -2.27. The Hall–Kier alpha value is -1.11. The van der Waals surface area contributed by atoms with E-state index in [9.17, 15) is 4.79 Å². The smallest absolute Gasteiger partial charge is 0.163 e. The van der Waals surface area contributed by atoms with E-state index in [0.29, 0.717) is 12.2 Å². The molecule has 1 aliphatic carbocycles. The molecule has 1 aromatic carbocycles. The van der Waals surface area contributed by atoms with Gasteiger partial charge in [0, 0.05) is 12.0 Å². The molecule has 0 spiro atoms. The molecule has 1 heteroatoms. The first-order valence-corrected chi connectivity index (χ1v) is 6.82. The third kappa shape index (κ3) is 2.23. The van der Waals surface area contributed by atoms with Crippen LogP contribution in [0.25, 0.3) is 0 Å². The number of benzene rings is 1. The molecule has 1 aromatic rings. The van der Waals surface area contributed by atoms with Crippen LogP contribution < -0.4 is 0 Å². The predicted octanol–water partition coefficient (Wildman–Crippen LogP) is 4.41. The molecular formula is C17H24O. The highest BCUT2D eigenvalue weighted by atomic mass is 16.1. The van der Waals surface area contributed by atoms with E-state index in [2.05, 4.69) is 53.7 Å². The second kappa shape index (κ2) is 3.94. The van der Waals surface area contributed by atoms with Crippen molar-refractivity contribution in [3.63, 3.8) is 0 Å². The quantitative estimate of drug-likeness (QED) is 0.660. The maximum Gasteiger partial charge on any atom is 0.163 e. The molecule has 98 valence electrons. The van der Waals surface area contributed by atoms with Gasteiger partial charge in [-0.05, 0) is 33.9 Å². The first-order chi connectivity index (χ1) is 8.10. The highest BCUT2D eigenvalue weighted by Gasteiger charge is 2.30. The average molecular weight is 244 g/mol. The third-order valence-corrected chi connectivity index (χ3v) is 3.79. The van der Waals surface area contributed by atoms with Crippen molar-refractivity contribution in [1.29, 1.82) is 0 Å². The summed E-state index contributed by atoms with van der Waals surface area (Å²) in [5.74, 6) is 0.329. The summed E-state index contributed by atoms with van der Waals surface area (Å²) < 4.78 is 0. The number of rotatable bonds is 0. The van der Waals surface area contributed by atoms with Crippen LogP contribution in [-0.2, 0) is 17.3 Å². The van der Waals surface area contributed by atoms with E-state index in [-0.39, 0.29) is 10.8 Å². The molecule has 0 unspecified atom stereocenters. The van der Waals surface area contributed by atoms with Gasteiger partial charge < -0.3 is 0 Å². The van der Waals surface area contributed by atoms with Gasteiger partial charge in [0.15, 0.2) is 5.78 Å². The Labute approximate surface area is 111 Å². The summed E-state index contributed by atoms with van der Waals surface area (Å²) in [6.07, 6.45) is 1.60. The largest absolute Gasteiger partial charge is 0.294 e. The summed E-state index contributed by atoms with van der Waals surface area (Å²) in [5, 5.41) is 0. The van der Waals surface area contributed by atoms with Crippen molar-refractivity contribution in [2.45, 2.75) is 65.2 Å². The van der Waals surface area contributed by atoms with Gasteiger partial charge in [0.2, 0.25) is 0 Å². The number of Topliss-reactive ketones (excluding diaryl/α,β-unsaturated/α-hetero) is 1. The summed E-state index contributed by atoms with van der Waals surface area (Å²) in [4.78, 5) is 12.1. The minimum atomic E-state index is 0.0331. The molecule has 0 fully saturated rings. The van der Waals surface area contributed by atoms with Gasteiger partial charge in [0.05, 0.1) is 0 Å². The van der Waals surface area contributed by atoms with Crippen molar-refractivity contribution in [3.05, 3.63) is 34.4 Å². The van der Waals surface area contributed by atoms with E-state index < -0.39 is 0 Å². The maximum absolute atomic E-state index is 12.1. The van der Waals surface area contributed by atoms with Gasteiger partial charge in [-0.2, -0.15) is 0 Å². The SMILES string of the molecule is CC(C)(C)c1cc2c(c(C(C)(C)C)c1)C(=O)CC2. The summed E-state index contributed by atoms with van der Waals surface area (Å²) in [7, 11) is 0. The van der Waals surface area contributed by atoms with E-state index in [1.807, 2.05) is 0 Å². The van der Waals surface area contributed by atoms with Gasteiger partial charge in [-0.15, -0.1) is 0 Å². The summed E-state index contributed by atoms with van der Waals surface area (Å²) in [6.45, 7) is 13.3. The van der Waals surface area contributed by atoms with Gasteiger partial charge >= 0.3 is 0 Å². The molecule has 0 atom stereocenters. The zero-order valence-corrected chi connectivity index (χ0v) is 12.5. The van der Waals surface area contributed by atoms with Crippen LogP contribution in [0.3, 0.4) is 0 Å². The number of carbonyl (C=O) groups is 1. The van der Waals surface area contributed by atoms with Gasteiger partial charge in [-0.1, -0.05) is 53.7 Å². The molecule has 0 heterocycles. The first kappa shape index (κ1) is 13.3. The second-order valence-corrected chi connectivity index (χ2v) is 7.48. The van der Waals surface area contributed by atoms with Crippen LogP contribution in [0.4, 0.5) is 0 Å². The predicted molar refractivity (Wildman–Crippen MR) is 76.5 cm³/mol. The normalized spacial score (nSPS) is 16.0. The Morgan fingerprint density at radius 1 is 0.889 bits per heavy atom. The van der Waals surface area contributed by atoms with Crippen molar-refractivity contribution in [2.75, 3.05) is 0 Å². The zero-order chi connectivity index (χ0) is 13.7. The molecular weight excluding hydrogens is 220 g/mol. The molecule has 1 nitrogen and oxygen atoms in total. The van der Waals surface area contributed by atoms with Crippen LogP contribution in [0.2, 0.25) is 0 Å². The first-order valence-electron chi connectivity index (χ1n) is 6.82. The van der Waals surface area contributed by atoms with Crippen LogP contribution in [0.1, 0.15) is 75.0 Å². The number of hydrogen-bond acceptors (Lipinski definition) is 1. The fourth-order valence-electron chi connectivity index (χ4n) is 2.63. The molecule has 0 radical (unpaired) electrons. The Kier molecular flexibility index (Phi) is 2.92. The van der Waals surface area contributed by atoms with Gasteiger partial charge in [-0.3, -0.25) is 4.79 Å². The number of hydrogen-bond donors (Lipinski definition) is 0. The number of aryl methyl sites for hydroxylation is 1. The van der Waals surface area contributed by atoms with Crippen LogP contribution in [-0.4, -0.2) is 5.78 Å². The van der Waals surface area contributed by atoms with Gasteiger partial charge in [0.25, 0.3) is 0 Å². The van der Waals surface area contributed by atoms with Gasteiger partial charge in [-0.25, -0.2) is 0 Å². The highest BCUT2D eigenvalue weighted by molar-refractivity contribution is 6.02. The van der Waals surface area contributed by atoms with Crippen LogP contribution in [0.15, 0.2) is 12.1 Å². The molecule has 0 N–H and O–H groups in total. The van der Waals surface area contributed by atoms with Crippen LogP contribution in [0.5, 0.6) is 0 Å². The van der Waals surface area contributed by atoms with Crippen molar-refractivity contribution in [1.82, 2.24) is 0 Å². The third-order valence-electron chi connectivity index (χ3n) is 3.79. The fraction of sp³-hybridized carbons (Fsp3) is 0.588. The lowest BCUT2D eigenvalue weighted by molar-refractivity contribution is 0.0992. The molecule has 0 bridgehead atoms. The fourth-order valence-corrected chi connectivity index (χ4v) is 2.63. The topological polar surface area (TPSA) is 17.1 Å². The minimum absolute atomic E-state index is 0.0331. The number of carbonyl (C=O) groups excluding carboxylic acids is 1. The molecule has 2 rings (SSSR count). The molecule has 0 aromatic heterocycles. The highest BCUT2D eigenvalue weighted by Crippen LogP contribution is 2.37. The second-order valence-electron chi connectivity index (χ2n) is 7.48. The average Bonchev–Trinajstić information content (AvgIpc) is 2.56. The Balaban J connectivity index is 2.71. The van der Waals surface area contributed by atoms with Crippen molar-refractivity contribution >= 4 is 5.78 Å². The molecule has 0 aliphatic heterocycles. The van der Waals surface area contributed by atoms with E-state index in [1.54, 1.807) is 0 Å². The molecule has 0 amide bonds. The van der Waals surface area contributed by atoms with E-state index in [0.717, 1.165) is 12.0 Å². The lowest BCUT2D eigenvalue weighted by Crippen LogP contribution is -2.19. The Morgan fingerprint density at radius 3 is 2.00 bits per heavy atom. The standard InChI is InChI=1S/C17H24O/c1-16(2,3)12-9-11-7-8-14(18)15(11)13(10-12)17(4,5)6/h9-10H,7-8H2,1-6H3.